The number of rotatable bonds is 6. The van der Waals surface area contributed by atoms with Crippen LogP contribution in [-0.2, 0) is 22.6 Å². The third-order valence-corrected chi connectivity index (χ3v) is 8.75. The predicted octanol–water partition coefficient (Wildman–Crippen LogP) is 4.83. The predicted molar refractivity (Wildman–Crippen MR) is 154 cm³/mol. The van der Waals surface area contributed by atoms with Crippen LogP contribution in [0.15, 0.2) is 47.1 Å². The van der Waals surface area contributed by atoms with Gasteiger partial charge in [-0.1, -0.05) is 37.6 Å². The Hall–Kier alpha value is -3.72. The maximum atomic E-state index is 14.2. The van der Waals surface area contributed by atoms with E-state index in [0.29, 0.717) is 29.1 Å². The Bertz CT molecular complexity index is 1660. The average molecular weight is 579 g/mol. The fourth-order valence-corrected chi connectivity index (χ4v) is 6.55. The van der Waals surface area contributed by atoms with Crippen molar-refractivity contribution in [1.29, 1.82) is 0 Å². The topological polar surface area (TPSA) is 93.5 Å². The lowest BCUT2D eigenvalue weighted by molar-refractivity contribution is -0.144. The Kier molecular flexibility index (Phi) is 6.88. The van der Waals surface area contributed by atoms with E-state index < -0.39 is 23.0 Å². The highest BCUT2D eigenvalue weighted by Crippen LogP contribution is 2.49. The van der Waals surface area contributed by atoms with E-state index in [0.717, 1.165) is 34.4 Å². The SMILES string of the molecule is CCC1=C2OCCC(c3cnc4c(cc(C(=O)NCc5ccc(Cl)cc5)c(=O)n4CC(=O)N4CC(C)(F)C4)c31)C2C. The molecule has 1 N–H and O–H groups in total. The van der Waals surface area contributed by atoms with Gasteiger partial charge in [0.15, 0.2) is 0 Å². The Labute approximate surface area is 242 Å². The standard InChI is InChI=1S/C31H32ClFN4O4/c1-4-20-26-22-11-23(29(39)35-12-18-5-7-19(32)8-6-18)30(40)37(14-25(38)36-15-31(3,33)16-36)28(22)34-13-24(26)21-9-10-41-27(20)17(21)2/h5-8,11,13,17,21H,4,9-10,12,14-16H2,1-3H3,(H,35,39). The van der Waals surface area contributed by atoms with Crippen molar-refractivity contribution in [3.05, 3.63) is 79.9 Å². The second-order valence-corrected chi connectivity index (χ2v) is 11.9. The van der Waals surface area contributed by atoms with Crippen LogP contribution in [-0.4, -0.2) is 51.6 Å². The van der Waals surface area contributed by atoms with Crippen LogP contribution in [0.1, 0.15) is 66.6 Å². The fraction of sp³-hybridized carbons (Fsp3) is 0.419. The molecule has 0 radical (unpaired) electrons. The molecule has 2 aliphatic heterocycles. The summed E-state index contributed by atoms with van der Waals surface area (Å²) in [5.41, 5.74) is 2.00. The molecule has 2 bridgehead atoms. The monoisotopic (exact) mass is 578 g/mol. The first kappa shape index (κ1) is 27.4. The number of alkyl halides is 1. The Balaban J connectivity index is 1.48. The number of hydrogen-bond donors (Lipinski definition) is 1. The molecule has 8 nitrogen and oxygen atoms in total. The van der Waals surface area contributed by atoms with Gasteiger partial charge in [0, 0.05) is 29.1 Å². The molecule has 3 aliphatic rings. The number of carbonyl (C=O) groups excluding carboxylic acids is 2. The minimum Gasteiger partial charge on any atom is -0.497 e. The Morgan fingerprint density at radius 3 is 2.66 bits per heavy atom. The van der Waals surface area contributed by atoms with Crippen LogP contribution in [0, 0.1) is 5.92 Å². The summed E-state index contributed by atoms with van der Waals surface area (Å²) >= 11 is 5.98. The maximum absolute atomic E-state index is 14.2. The number of aromatic nitrogens is 2. The van der Waals surface area contributed by atoms with Crippen LogP contribution in [0.4, 0.5) is 4.39 Å². The highest BCUT2D eigenvalue weighted by Gasteiger charge is 2.42. The van der Waals surface area contributed by atoms with Gasteiger partial charge in [-0.3, -0.25) is 19.0 Å². The lowest BCUT2D eigenvalue weighted by atomic mass is 9.72. The molecule has 4 heterocycles. The van der Waals surface area contributed by atoms with E-state index in [1.54, 1.807) is 36.5 Å². The van der Waals surface area contributed by atoms with E-state index >= 15 is 0 Å². The molecule has 2 amide bonds. The van der Waals surface area contributed by atoms with Crippen molar-refractivity contribution in [2.75, 3.05) is 19.7 Å². The Morgan fingerprint density at radius 1 is 1.24 bits per heavy atom. The van der Waals surface area contributed by atoms with Crippen molar-refractivity contribution in [2.45, 2.75) is 58.3 Å². The molecule has 2 unspecified atom stereocenters. The number of pyridine rings is 2. The summed E-state index contributed by atoms with van der Waals surface area (Å²) in [4.78, 5) is 46.5. The van der Waals surface area contributed by atoms with Crippen molar-refractivity contribution in [3.8, 4) is 0 Å². The van der Waals surface area contributed by atoms with Gasteiger partial charge in [-0.25, -0.2) is 9.37 Å². The first-order valence-electron chi connectivity index (χ1n) is 14.0. The zero-order valence-electron chi connectivity index (χ0n) is 23.3. The van der Waals surface area contributed by atoms with E-state index in [1.165, 1.54) is 16.4 Å². The number of nitrogens with zero attached hydrogens (tertiary/aromatic N) is 3. The highest BCUT2D eigenvalue weighted by atomic mass is 35.5. The molecule has 10 heteroatoms. The van der Waals surface area contributed by atoms with Crippen LogP contribution in [0.25, 0.3) is 16.6 Å². The van der Waals surface area contributed by atoms with Crippen LogP contribution < -0.4 is 10.9 Å². The molecule has 1 aromatic carbocycles. The van der Waals surface area contributed by atoms with E-state index in [2.05, 4.69) is 19.2 Å². The number of amides is 2. The molecular weight excluding hydrogens is 547 g/mol. The van der Waals surface area contributed by atoms with Crippen LogP contribution in [0.2, 0.25) is 5.02 Å². The zero-order valence-corrected chi connectivity index (χ0v) is 24.1. The van der Waals surface area contributed by atoms with E-state index in [-0.39, 0.29) is 43.6 Å². The quantitative estimate of drug-likeness (QED) is 0.452. The number of nitrogens with one attached hydrogen (secondary N) is 1. The molecule has 2 fully saturated rings. The number of likely N-dealkylation sites (tertiary alicyclic amines) is 1. The van der Waals surface area contributed by atoms with Gasteiger partial charge in [0.1, 0.15) is 29.2 Å². The van der Waals surface area contributed by atoms with Crippen LogP contribution in [0.3, 0.4) is 0 Å². The molecule has 2 atom stereocenters. The number of hydrogen-bond acceptors (Lipinski definition) is 5. The normalized spacial score (nSPS) is 20.8. The van der Waals surface area contributed by atoms with Gasteiger partial charge in [-0.2, -0.15) is 0 Å². The maximum Gasteiger partial charge on any atom is 0.265 e. The van der Waals surface area contributed by atoms with Gasteiger partial charge in [0.25, 0.3) is 11.5 Å². The van der Waals surface area contributed by atoms with Gasteiger partial charge in [0.05, 0.1) is 19.7 Å². The summed E-state index contributed by atoms with van der Waals surface area (Å²) in [7, 11) is 0. The van der Waals surface area contributed by atoms with Crippen LogP contribution in [0.5, 0.6) is 0 Å². The van der Waals surface area contributed by atoms with E-state index in [1.807, 2.05) is 0 Å². The van der Waals surface area contributed by atoms with Crippen molar-refractivity contribution in [3.63, 3.8) is 0 Å². The van der Waals surface area contributed by atoms with E-state index in [9.17, 15) is 18.8 Å². The third kappa shape index (κ3) is 4.80. The van der Waals surface area contributed by atoms with Gasteiger partial charge in [0.2, 0.25) is 5.91 Å². The molecule has 1 aliphatic carbocycles. The third-order valence-electron chi connectivity index (χ3n) is 8.50. The molecule has 3 aromatic rings. The number of halogens is 2. The van der Waals surface area contributed by atoms with Gasteiger partial charge in [-0.05, 0) is 66.1 Å². The molecule has 2 aromatic heterocycles. The van der Waals surface area contributed by atoms with E-state index in [4.69, 9.17) is 21.3 Å². The second kappa shape index (κ2) is 10.3. The first-order chi connectivity index (χ1) is 19.6. The van der Waals surface area contributed by atoms with Crippen molar-refractivity contribution in [2.24, 2.45) is 5.92 Å². The molecule has 214 valence electrons. The molecule has 6 rings (SSSR count). The molecule has 41 heavy (non-hydrogen) atoms. The first-order valence-corrected chi connectivity index (χ1v) is 14.4. The number of allylic oxidation sites excluding steroid dienone is 2. The summed E-state index contributed by atoms with van der Waals surface area (Å²) in [5.74, 6) is 0.381. The molecule has 0 spiro atoms. The largest absolute Gasteiger partial charge is 0.497 e. The summed E-state index contributed by atoms with van der Waals surface area (Å²) in [5, 5.41) is 4.04. The van der Waals surface area contributed by atoms with Gasteiger partial charge >= 0.3 is 0 Å². The van der Waals surface area contributed by atoms with Crippen molar-refractivity contribution in [1.82, 2.24) is 19.8 Å². The summed E-state index contributed by atoms with van der Waals surface area (Å²) < 4.78 is 21.6. The summed E-state index contributed by atoms with van der Waals surface area (Å²) in [6.45, 7) is 6.06. The molecule has 2 saturated heterocycles. The molecular formula is C31H32ClFN4O4. The minimum atomic E-state index is -1.44. The van der Waals surface area contributed by atoms with Crippen LogP contribution >= 0.6 is 11.6 Å². The summed E-state index contributed by atoms with van der Waals surface area (Å²) in [6.07, 6.45) is 3.34. The van der Waals surface area contributed by atoms with Gasteiger partial charge in [-0.15, -0.1) is 0 Å². The van der Waals surface area contributed by atoms with Crippen molar-refractivity contribution < 1.29 is 18.7 Å². The highest BCUT2D eigenvalue weighted by molar-refractivity contribution is 6.30. The zero-order chi connectivity index (χ0) is 29.1. The molecule has 0 saturated carbocycles. The fourth-order valence-electron chi connectivity index (χ4n) is 6.42. The van der Waals surface area contributed by atoms with Crippen molar-refractivity contribution >= 4 is 40.0 Å². The number of benzene rings is 1. The average Bonchev–Trinajstić information content (AvgIpc) is 2.92. The minimum absolute atomic E-state index is 0.0361. The smallest absolute Gasteiger partial charge is 0.265 e. The second-order valence-electron chi connectivity index (χ2n) is 11.5. The summed E-state index contributed by atoms with van der Waals surface area (Å²) in [6, 6.07) is 8.66. The van der Waals surface area contributed by atoms with Gasteiger partial charge < -0.3 is 15.0 Å². The Morgan fingerprint density at radius 2 is 1.98 bits per heavy atom. The lowest BCUT2D eigenvalue weighted by Crippen LogP contribution is -2.60. The number of fused-ring (bicyclic) bond motifs is 6. The number of carbonyl (C=O) groups is 2. The number of ether oxygens (including phenoxy) is 1. The lowest BCUT2D eigenvalue weighted by Gasteiger charge is -2.42.